The van der Waals surface area contributed by atoms with Gasteiger partial charge < -0.3 is 15.0 Å². The summed E-state index contributed by atoms with van der Waals surface area (Å²) < 4.78 is 1.95. The second-order valence-electron chi connectivity index (χ2n) is 6.41. The maximum atomic E-state index is 11.3. The average Bonchev–Trinajstić information content (AvgIpc) is 3.13. The van der Waals surface area contributed by atoms with Gasteiger partial charge in [-0.3, -0.25) is 0 Å². The molecule has 2 heterocycles. The summed E-state index contributed by atoms with van der Waals surface area (Å²) in [6.45, 7) is 2.94. The Morgan fingerprint density at radius 1 is 1.08 bits per heavy atom. The molecular weight excluding hydrogens is 328 g/mol. The molecule has 0 aliphatic carbocycles. The smallest absolute Gasteiger partial charge is 0.368 e. The molecule has 26 heavy (non-hydrogen) atoms. The van der Waals surface area contributed by atoms with Crippen LogP contribution in [-0.2, 0) is 6.54 Å². The molecule has 1 aromatic heterocycles. The van der Waals surface area contributed by atoms with Gasteiger partial charge in [0.05, 0.1) is 16.2 Å². The van der Waals surface area contributed by atoms with Gasteiger partial charge in [0.2, 0.25) is 5.88 Å². The minimum atomic E-state index is -0.479. The van der Waals surface area contributed by atoms with Gasteiger partial charge in [-0.25, -0.2) is 4.79 Å². The molecule has 0 unspecified atom stereocenters. The van der Waals surface area contributed by atoms with E-state index in [1.807, 2.05) is 34.9 Å². The lowest BCUT2D eigenvalue weighted by Gasteiger charge is -2.08. The van der Waals surface area contributed by atoms with Gasteiger partial charge in [-0.1, -0.05) is 38.0 Å². The number of aryl methyl sites for hydroxylation is 1. The van der Waals surface area contributed by atoms with Crippen molar-refractivity contribution in [2.24, 2.45) is 9.98 Å². The number of urea groups is 1. The maximum Gasteiger partial charge on any atom is 0.368 e. The molecule has 1 aliphatic rings. The number of amides is 2. The van der Waals surface area contributed by atoms with Crippen LogP contribution in [0.15, 0.2) is 52.4 Å². The largest absolute Gasteiger partial charge is 0.493 e. The fourth-order valence-electron chi connectivity index (χ4n) is 3.32. The van der Waals surface area contributed by atoms with Crippen molar-refractivity contribution in [1.82, 2.24) is 4.57 Å². The van der Waals surface area contributed by atoms with Crippen molar-refractivity contribution in [3.8, 4) is 5.88 Å². The lowest BCUT2D eigenvalue weighted by molar-refractivity contribution is 0.256. The quantitative estimate of drug-likeness (QED) is 0.667. The number of fused-ring (bicyclic) bond motifs is 2. The van der Waals surface area contributed by atoms with Crippen molar-refractivity contribution in [3.63, 3.8) is 0 Å². The first-order chi connectivity index (χ1) is 12.7. The number of hydrogen-bond acceptors (Lipinski definition) is 3. The highest BCUT2D eigenvalue weighted by Crippen LogP contribution is 2.38. The number of anilines is 2. The number of aromatic hydroxyl groups is 1. The van der Waals surface area contributed by atoms with Gasteiger partial charge in [0, 0.05) is 17.6 Å². The van der Waals surface area contributed by atoms with E-state index in [1.165, 1.54) is 0 Å². The Kier molecular flexibility index (Phi) is 4.16. The Morgan fingerprint density at radius 3 is 2.73 bits per heavy atom. The summed E-state index contributed by atoms with van der Waals surface area (Å²) in [6, 6.07) is 12.8. The number of unbranched alkanes of at least 4 members (excludes halogenated alkanes) is 2. The molecule has 1 aliphatic heterocycles. The topological polar surface area (TPSA) is 79.0 Å². The van der Waals surface area contributed by atoms with Gasteiger partial charge in [-0.05, 0) is 30.7 Å². The molecule has 0 fully saturated rings. The lowest BCUT2D eigenvalue weighted by atomic mass is 10.2. The van der Waals surface area contributed by atoms with Crippen molar-refractivity contribution in [2.45, 2.75) is 32.7 Å². The predicted molar refractivity (Wildman–Crippen MR) is 101 cm³/mol. The summed E-state index contributed by atoms with van der Waals surface area (Å²) in [4.78, 5) is 19.0. The molecular formula is C20H20N4O2. The fourth-order valence-corrected chi connectivity index (χ4v) is 3.32. The highest BCUT2D eigenvalue weighted by atomic mass is 16.3. The van der Waals surface area contributed by atoms with Crippen LogP contribution in [0.4, 0.5) is 16.2 Å². The van der Waals surface area contributed by atoms with Crippen LogP contribution in [0.3, 0.4) is 0 Å². The predicted octanol–water partition coefficient (Wildman–Crippen LogP) is 3.65. The normalized spacial score (nSPS) is 12.7. The highest BCUT2D eigenvalue weighted by Gasteiger charge is 2.16. The monoisotopic (exact) mass is 348 g/mol. The molecule has 2 amide bonds. The van der Waals surface area contributed by atoms with Crippen LogP contribution in [0.1, 0.15) is 26.2 Å². The van der Waals surface area contributed by atoms with Crippen molar-refractivity contribution in [1.29, 1.82) is 0 Å². The first-order valence-electron chi connectivity index (χ1n) is 8.86. The fraction of sp³-hybridized carbons (Fsp3) is 0.250. The molecule has 0 spiro atoms. The number of carbonyl (C=O) groups is 1. The Morgan fingerprint density at radius 2 is 1.88 bits per heavy atom. The van der Waals surface area contributed by atoms with E-state index in [9.17, 15) is 9.90 Å². The van der Waals surface area contributed by atoms with Crippen molar-refractivity contribution >= 4 is 28.3 Å². The minimum Gasteiger partial charge on any atom is -0.493 e. The van der Waals surface area contributed by atoms with Crippen LogP contribution in [-0.4, -0.2) is 15.7 Å². The summed E-state index contributed by atoms with van der Waals surface area (Å²) in [5.41, 5.74) is 2.42. The van der Waals surface area contributed by atoms with Crippen molar-refractivity contribution in [3.05, 3.63) is 53.2 Å². The zero-order valence-corrected chi connectivity index (χ0v) is 14.6. The van der Waals surface area contributed by atoms with Gasteiger partial charge in [-0.15, -0.1) is 0 Å². The second kappa shape index (κ2) is 6.63. The van der Waals surface area contributed by atoms with Gasteiger partial charge in [0.25, 0.3) is 0 Å². The Balaban J connectivity index is 1.74. The highest BCUT2D eigenvalue weighted by molar-refractivity contribution is 5.98. The molecule has 0 saturated carbocycles. The summed E-state index contributed by atoms with van der Waals surface area (Å²) in [7, 11) is 0. The molecule has 2 aromatic carbocycles. The Labute approximate surface area is 150 Å². The van der Waals surface area contributed by atoms with Crippen LogP contribution in [0.5, 0.6) is 5.88 Å². The first-order valence-corrected chi connectivity index (χ1v) is 8.86. The third-order valence-corrected chi connectivity index (χ3v) is 4.61. The standard InChI is InChI=1S/C20H20N4O2/c1-2-3-6-11-24-17-8-5-4-7-14(17)18(19(24)25)21-13-9-10-15-16(12-13)23-20(26)22-15/h4-5,7-10,12,21,25H,2-3,6,11H2,1H3. The van der Waals surface area contributed by atoms with Crippen LogP contribution < -0.4 is 16.0 Å². The van der Waals surface area contributed by atoms with E-state index >= 15 is 0 Å². The summed E-state index contributed by atoms with van der Waals surface area (Å²) >= 11 is 0. The van der Waals surface area contributed by atoms with Gasteiger partial charge in [0.15, 0.2) is 0 Å². The molecule has 6 heteroatoms. The number of benzene rings is 2. The van der Waals surface area contributed by atoms with E-state index < -0.39 is 6.03 Å². The molecule has 0 radical (unpaired) electrons. The van der Waals surface area contributed by atoms with Crippen molar-refractivity contribution in [2.75, 3.05) is 5.32 Å². The zero-order valence-electron chi connectivity index (χ0n) is 14.6. The van der Waals surface area contributed by atoms with Gasteiger partial charge >= 0.3 is 6.03 Å². The molecule has 3 aromatic rings. The number of para-hydroxylation sites is 1. The van der Waals surface area contributed by atoms with E-state index in [4.69, 9.17) is 0 Å². The molecule has 6 nitrogen and oxygen atoms in total. The van der Waals surface area contributed by atoms with E-state index in [0.29, 0.717) is 16.4 Å². The Hall–Kier alpha value is -3.15. The molecule has 2 N–H and O–H groups in total. The van der Waals surface area contributed by atoms with Crippen LogP contribution >= 0.6 is 0 Å². The van der Waals surface area contributed by atoms with E-state index in [-0.39, 0.29) is 5.88 Å². The van der Waals surface area contributed by atoms with Gasteiger partial charge in [0.1, 0.15) is 5.69 Å². The first kappa shape index (κ1) is 16.3. The SMILES string of the molecule is CCCCCn1c(O)c(Nc2ccc3c(c2)=NC(=O)N=3)c2ccccc21. The molecule has 0 atom stereocenters. The third kappa shape index (κ3) is 2.83. The van der Waals surface area contributed by atoms with Gasteiger partial charge in [-0.2, -0.15) is 9.98 Å². The zero-order chi connectivity index (χ0) is 18.1. The van der Waals surface area contributed by atoms with Crippen LogP contribution in [0.2, 0.25) is 0 Å². The van der Waals surface area contributed by atoms with Crippen LogP contribution in [0, 0.1) is 0 Å². The molecule has 0 saturated heterocycles. The number of hydrogen-bond donors (Lipinski definition) is 2. The summed E-state index contributed by atoms with van der Waals surface area (Å²) in [6.07, 6.45) is 3.27. The average molecular weight is 348 g/mol. The number of aromatic nitrogens is 1. The maximum absolute atomic E-state index is 11.3. The Bertz CT molecular complexity index is 1110. The second-order valence-corrected chi connectivity index (χ2v) is 6.41. The minimum absolute atomic E-state index is 0.223. The molecule has 0 bridgehead atoms. The van der Waals surface area contributed by atoms with Crippen molar-refractivity contribution < 1.29 is 9.90 Å². The molecule has 4 rings (SSSR count). The summed E-state index contributed by atoms with van der Waals surface area (Å²) in [5, 5.41) is 16.2. The third-order valence-electron chi connectivity index (χ3n) is 4.61. The number of rotatable bonds is 6. The summed E-state index contributed by atoms with van der Waals surface area (Å²) in [5.74, 6) is 0.223. The van der Waals surface area contributed by atoms with Crippen LogP contribution in [0.25, 0.3) is 10.9 Å². The number of carbonyl (C=O) groups excluding carboxylic acids is 1. The van der Waals surface area contributed by atoms with E-state index in [1.54, 1.807) is 12.1 Å². The van der Waals surface area contributed by atoms with E-state index in [0.717, 1.165) is 42.4 Å². The number of nitrogens with zero attached hydrogens (tertiary/aromatic N) is 3. The van der Waals surface area contributed by atoms with E-state index in [2.05, 4.69) is 22.2 Å². The molecule has 132 valence electrons. The lowest BCUT2D eigenvalue weighted by Crippen LogP contribution is -2.21. The number of nitrogens with one attached hydrogen (secondary N) is 1.